The van der Waals surface area contributed by atoms with E-state index in [1.165, 1.54) is 12.3 Å². The molecule has 0 radical (unpaired) electrons. The number of carbonyl (C=O) groups is 1. The maximum absolute atomic E-state index is 13.9. The summed E-state index contributed by atoms with van der Waals surface area (Å²) in [4.78, 5) is 15.6. The number of hydrogen-bond acceptors (Lipinski definition) is 2. The van der Waals surface area contributed by atoms with E-state index >= 15 is 0 Å². The molecule has 2 amide bonds. The molecule has 0 saturated heterocycles. The second-order valence-corrected chi connectivity index (χ2v) is 5.45. The number of benzene rings is 1. The average molecular weight is 370 g/mol. The highest BCUT2D eigenvalue weighted by Crippen LogP contribution is 2.47. The van der Waals surface area contributed by atoms with Gasteiger partial charge in [-0.2, -0.15) is 13.2 Å². The van der Waals surface area contributed by atoms with Crippen LogP contribution in [0.25, 0.3) is 0 Å². The predicted molar refractivity (Wildman–Crippen MR) is 82.4 cm³/mol. The summed E-state index contributed by atoms with van der Waals surface area (Å²) in [5.74, 6) is 3.19. The molecule has 0 unspecified atom stereocenters. The van der Waals surface area contributed by atoms with Crippen LogP contribution in [0.3, 0.4) is 0 Å². The summed E-state index contributed by atoms with van der Waals surface area (Å²) in [5, 5.41) is 3.13. The van der Waals surface area contributed by atoms with Crippen molar-refractivity contribution in [3.63, 3.8) is 0 Å². The molecule has 1 aromatic heterocycles. The van der Waals surface area contributed by atoms with Crippen molar-refractivity contribution >= 4 is 23.3 Å². The molecule has 4 nitrogen and oxygen atoms in total. The van der Waals surface area contributed by atoms with Gasteiger partial charge in [0, 0.05) is 11.8 Å². The molecule has 1 atom stereocenters. The lowest BCUT2D eigenvalue weighted by molar-refractivity contribution is -0.178. The molecule has 3 rings (SSSR count). The summed E-state index contributed by atoms with van der Waals surface area (Å²) in [6, 6.07) is 5.23. The first-order chi connectivity index (χ1) is 11.7. The number of nitrogens with zero attached hydrogens (tertiary/aromatic N) is 1. The van der Waals surface area contributed by atoms with Crippen molar-refractivity contribution in [3.8, 4) is 11.8 Å². The molecule has 1 aliphatic heterocycles. The number of nitrogens with one attached hydrogen (secondary N) is 2. The highest BCUT2D eigenvalue weighted by Gasteiger charge is 2.60. The lowest BCUT2D eigenvalue weighted by Gasteiger charge is -2.37. The maximum Gasteiger partial charge on any atom is 0.427 e. The predicted octanol–water partition coefficient (Wildman–Crippen LogP) is 3.82. The number of anilines is 1. The van der Waals surface area contributed by atoms with E-state index in [2.05, 4.69) is 16.2 Å². The number of urea groups is 1. The van der Waals surface area contributed by atoms with E-state index in [0.29, 0.717) is 0 Å². The number of hydrogen-bond donors (Lipinski definition) is 2. The van der Waals surface area contributed by atoms with Gasteiger partial charge >= 0.3 is 12.2 Å². The van der Waals surface area contributed by atoms with E-state index in [1.54, 1.807) is 17.4 Å². The summed E-state index contributed by atoms with van der Waals surface area (Å²) >= 11 is 5.78. The van der Waals surface area contributed by atoms with E-state index in [-0.39, 0.29) is 11.4 Å². The Morgan fingerprint density at radius 3 is 2.60 bits per heavy atom. The van der Waals surface area contributed by atoms with E-state index < -0.39 is 34.1 Å². The lowest BCUT2D eigenvalue weighted by atomic mass is 9.86. The van der Waals surface area contributed by atoms with Crippen LogP contribution in [0, 0.1) is 17.7 Å². The van der Waals surface area contributed by atoms with E-state index in [1.807, 2.05) is 5.92 Å². The average Bonchev–Trinajstić information content (AvgIpc) is 2.56. The standard InChI is InChI=1S/C16H8ClF4N3O/c17-13-10(18)4-5-11-12(13)15(16(19,20)21,24-14(25)23-11)7-6-9-3-1-2-8-22-9/h1-5,8H,(H2,23,24,25)/t15-/m0/s1. The Kier molecular flexibility index (Phi) is 4.05. The molecular formula is C16H8ClF4N3O. The quantitative estimate of drug-likeness (QED) is 0.548. The Hall–Kier alpha value is -2.79. The fourth-order valence-electron chi connectivity index (χ4n) is 2.38. The zero-order chi connectivity index (χ0) is 18.2. The summed E-state index contributed by atoms with van der Waals surface area (Å²) < 4.78 is 55.5. The van der Waals surface area contributed by atoms with Crippen LogP contribution in [0.15, 0.2) is 36.5 Å². The fraction of sp³-hybridized carbons (Fsp3) is 0.125. The number of amides is 2. The number of pyridine rings is 1. The normalized spacial score (nSPS) is 19.2. The fourth-order valence-corrected chi connectivity index (χ4v) is 2.69. The minimum Gasteiger partial charge on any atom is -0.310 e. The second kappa shape index (κ2) is 5.93. The van der Waals surface area contributed by atoms with Gasteiger partial charge in [0.2, 0.25) is 5.54 Å². The molecule has 0 saturated carbocycles. The minimum absolute atomic E-state index is 0.0491. The van der Waals surface area contributed by atoms with Crippen molar-refractivity contribution in [3.05, 3.63) is 58.6 Å². The third kappa shape index (κ3) is 2.87. The molecule has 9 heteroatoms. The van der Waals surface area contributed by atoms with Crippen LogP contribution in [0.4, 0.5) is 28.0 Å². The maximum atomic E-state index is 13.9. The van der Waals surface area contributed by atoms with Crippen LogP contribution < -0.4 is 10.6 Å². The van der Waals surface area contributed by atoms with Gasteiger partial charge in [-0.25, -0.2) is 14.2 Å². The van der Waals surface area contributed by atoms with E-state index in [4.69, 9.17) is 11.6 Å². The number of carbonyl (C=O) groups excluding carboxylic acids is 1. The Morgan fingerprint density at radius 2 is 1.96 bits per heavy atom. The molecule has 128 valence electrons. The molecule has 2 N–H and O–H groups in total. The molecule has 0 fully saturated rings. The van der Waals surface area contributed by atoms with Gasteiger partial charge in [-0.3, -0.25) is 0 Å². The number of halogens is 5. The van der Waals surface area contributed by atoms with Gasteiger partial charge in [-0.15, -0.1) is 0 Å². The van der Waals surface area contributed by atoms with Crippen molar-refractivity contribution < 1.29 is 22.4 Å². The summed E-state index contributed by atoms with van der Waals surface area (Å²) in [6.45, 7) is 0. The first kappa shape index (κ1) is 17.0. The van der Waals surface area contributed by atoms with Gasteiger partial charge in [0.15, 0.2) is 0 Å². The van der Waals surface area contributed by atoms with Crippen LogP contribution in [-0.4, -0.2) is 17.2 Å². The van der Waals surface area contributed by atoms with Gasteiger partial charge in [0.05, 0.1) is 10.7 Å². The van der Waals surface area contributed by atoms with Crippen LogP contribution in [0.1, 0.15) is 11.3 Å². The third-order valence-corrected chi connectivity index (χ3v) is 3.86. The zero-order valence-electron chi connectivity index (χ0n) is 12.2. The first-order valence-electron chi connectivity index (χ1n) is 6.83. The first-order valence-corrected chi connectivity index (χ1v) is 7.21. The Balaban J connectivity index is 2.30. The van der Waals surface area contributed by atoms with Crippen LogP contribution >= 0.6 is 11.6 Å². The second-order valence-electron chi connectivity index (χ2n) is 5.08. The highest BCUT2D eigenvalue weighted by atomic mass is 35.5. The van der Waals surface area contributed by atoms with Crippen LogP contribution in [0.2, 0.25) is 5.02 Å². The molecule has 2 aromatic rings. The van der Waals surface area contributed by atoms with Gasteiger partial charge in [0.1, 0.15) is 11.5 Å². The van der Waals surface area contributed by atoms with Crippen LogP contribution in [-0.2, 0) is 5.54 Å². The molecular weight excluding hydrogens is 362 g/mol. The molecule has 0 spiro atoms. The van der Waals surface area contributed by atoms with Crippen molar-refractivity contribution in [2.24, 2.45) is 0 Å². The minimum atomic E-state index is -5.07. The summed E-state index contributed by atoms with van der Waals surface area (Å²) in [7, 11) is 0. The molecule has 0 bridgehead atoms. The SMILES string of the molecule is O=C1Nc2ccc(F)c(Cl)c2[C@@](C#Cc2ccccn2)(C(F)(F)F)N1. The monoisotopic (exact) mass is 369 g/mol. The number of fused-ring (bicyclic) bond motifs is 1. The Bertz CT molecular complexity index is 905. The van der Waals surface area contributed by atoms with Crippen molar-refractivity contribution in [1.82, 2.24) is 10.3 Å². The van der Waals surface area contributed by atoms with Crippen LogP contribution in [0.5, 0.6) is 0 Å². The third-order valence-electron chi connectivity index (χ3n) is 3.49. The van der Waals surface area contributed by atoms with Gasteiger partial charge in [0.25, 0.3) is 0 Å². The molecule has 0 aliphatic carbocycles. The van der Waals surface area contributed by atoms with Gasteiger partial charge < -0.3 is 10.6 Å². The van der Waals surface area contributed by atoms with Gasteiger partial charge in [-0.1, -0.05) is 23.6 Å². The largest absolute Gasteiger partial charge is 0.427 e. The van der Waals surface area contributed by atoms with E-state index in [9.17, 15) is 22.4 Å². The molecule has 25 heavy (non-hydrogen) atoms. The molecule has 1 aliphatic rings. The zero-order valence-corrected chi connectivity index (χ0v) is 13.0. The van der Waals surface area contributed by atoms with Crippen molar-refractivity contribution in [2.45, 2.75) is 11.7 Å². The topological polar surface area (TPSA) is 54.0 Å². The lowest BCUT2D eigenvalue weighted by Crippen LogP contribution is -2.59. The summed E-state index contributed by atoms with van der Waals surface area (Å²) in [6.07, 6.45) is -3.72. The van der Waals surface area contributed by atoms with Gasteiger partial charge in [-0.05, 0) is 30.2 Å². The Morgan fingerprint density at radius 1 is 1.20 bits per heavy atom. The number of aromatic nitrogens is 1. The van der Waals surface area contributed by atoms with Crippen molar-refractivity contribution in [1.29, 1.82) is 0 Å². The summed E-state index contributed by atoms with van der Waals surface area (Å²) in [5.41, 5.74) is -4.11. The van der Waals surface area contributed by atoms with E-state index in [0.717, 1.165) is 12.1 Å². The number of alkyl halides is 3. The number of rotatable bonds is 0. The highest BCUT2D eigenvalue weighted by molar-refractivity contribution is 6.32. The van der Waals surface area contributed by atoms with Crippen molar-refractivity contribution in [2.75, 3.05) is 5.32 Å². The molecule has 1 aromatic carbocycles. The Labute approximate surface area is 144 Å². The smallest absolute Gasteiger partial charge is 0.310 e. The molecule has 2 heterocycles.